The molecule has 10 heavy (non-hydrogen) atoms. The standard InChI is InChI=1S/C6H11BO3/c1-5-2-3-10-6(4-5)7(8)9/h2,6,8-9H,3-4H2,1H3. The van der Waals surface area contributed by atoms with E-state index in [1.165, 1.54) is 0 Å². The van der Waals surface area contributed by atoms with Crippen molar-refractivity contribution >= 4 is 7.12 Å². The number of hydrogen-bond acceptors (Lipinski definition) is 3. The first-order valence-corrected chi connectivity index (χ1v) is 3.33. The van der Waals surface area contributed by atoms with Crippen molar-refractivity contribution in [3.8, 4) is 0 Å². The molecule has 0 spiro atoms. The second kappa shape index (κ2) is 3.19. The molecular formula is C6H11BO3. The summed E-state index contributed by atoms with van der Waals surface area (Å²) in [5.74, 6) is 0. The third-order valence-corrected chi connectivity index (χ3v) is 1.60. The minimum atomic E-state index is -1.34. The van der Waals surface area contributed by atoms with Crippen LogP contribution in [-0.2, 0) is 4.74 Å². The summed E-state index contributed by atoms with van der Waals surface area (Å²) in [4.78, 5) is 0. The number of ether oxygens (including phenoxy) is 1. The molecule has 1 aliphatic rings. The minimum absolute atomic E-state index is 0.426. The SMILES string of the molecule is CC1=CCOC(B(O)O)C1. The van der Waals surface area contributed by atoms with Gasteiger partial charge in [0.05, 0.1) is 12.6 Å². The molecule has 0 radical (unpaired) electrons. The van der Waals surface area contributed by atoms with Crippen LogP contribution in [0.4, 0.5) is 0 Å². The van der Waals surface area contributed by atoms with E-state index in [1.807, 2.05) is 13.0 Å². The molecule has 1 heterocycles. The molecule has 0 fully saturated rings. The molecular weight excluding hydrogens is 131 g/mol. The molecule has 0 saturated heterocycles. The second-order valence-electron chi connectivity index (χ2n) is 2.54. The van der Waals surface area contributed by atoms with Crippen molar-refractivity contribution in [3.63, 3.8) is 0 Å². The van der Waals surface area contributed by atoms with E-state index in [9.17, 15) is 0 Å². The lowest BCUT2D eigenvalue weighted by atomic mass is 9.78. The Balaban J connectivity index is 2.45. The van der Waals surface area contributed by atoms with Crippen molar-refractivity contribution < 1.29 is 14.8 Å². The first-order valence-electron chi connectivity index (χ1n) is 3.33. The van der Waals surface area contributed by atoms with Gasteiger partial charge in [0.2, 0.25) is 0 Å². The van der Waals surface area contributed by atoms with Crippen LogP contribution in [0.2, 0.25) is 0 Å². The lowest BCUT2D eigenvalue weighted by Crippen LogP contribution is -2.35. The van der Waals surface area contributed by atoms with Gasteiger partial charge in [-0.15, -0.1) is 0 Å². The van der Waals surface area contributed by atoms with E-state index in [0.29, 0.717) is 13.0 Å². The summed E-state index contributed by atoms with van der Waals surface area (Å²) in [5, 5.41) is 17.4. The number of rotatable bonds is 1. The van der Waals surface area contributed by atoms with Crippen molar-refractivity contribution in [1.82, 2.24) is 0 Å². The third kappa shape index (κ3) is 1.83. The van der Waals surface area contributed by atoms with E-state index in [2.05, 4.69) is 0 Å². The van der Waals surface area contributed by atoms with Crippen LogP contribution >= 0.6 is 0 Å². The van der Waals surface area contributed by atoms with Crippen LogP contribution in [0.1, 0.15) is 13.3 Å². The summed E-state index contributed by atoms with van der Waals surface area (Å²) in [5.41, 5.74) is 1.16. The van der Waals surface area contributed by atoms with Crippen molar-refractivity contribution in [2.45, 2.75) is 19.3 Å². The molecule has 4 heteroatoms. The lowest BCUT2D eigenvalue weighted by Gasteiger charge is -2.20. The van der Waals surface area contributed by atoms with E-state index in [1.54, 1.807) is 0 Å². The van der Waals surface area contributed by atoms with Crippen LogP contribution in [0.5, 0.6) is 0 Å². The van der Waals surface area contributed by atoms with E-state index < -0.39 is 13.1 Å². The molecule has 0 aromatic carbocycles. The molecule has 56 valence electrons. The molecule has 0 bridgehead atoms. The van der Waals surface area contributed by atoms with E-state index in [0.717, 1.165) is 5.57 Å². The third-order valence-electron chi connectivity index (χ3n) is 1.60. The van der Waals surface area contributed by atoms with E-state index in [-0.39, 0.29) is 0 Å². The zero-order valence-electron chi connectivity index (χ0n) is 5.95. The normalized spacial score (nSPS) is 25.9. The van der Waals surface area contributed by atoms with Gasteiger partial charge in [-0.2, -0.15) is 0 Å². The highest BCUT2D eigenvalue weighted by atomic mass is 16.5. The molecule has 1 unspecified atom stereocenters. The molecule has 0 aromatic rings. The largest absolute Gasteiger partial charge is 0.482 e. The Hall–Kier alpha value is -0.315. The van der Waals surface area contributed by atoms with Gasteiger partial charge < -0.3 is 14.8 Å². The smallest absolute Gasteiger partial charge is 0.425 e. The van der Waals surface area contributed by atoms with Gasteiger partial charge in [0.1, 0.15) is 0 Å². The van der Waals surface area contributed by atoms with Crippen molar-refractivity contribution in [3.05, 3.63) is 11.6 Å². The minimum Gasteiger partial charge on any atom is -0.425 e. The van der Waals surface area contributed by atoms with Gasteiger partial charge in [-0.25, -0.2) is 0 Å². The molecule has 0 aliphatic carbocycles. The fraction of sp³-hybridized carbons (Fsp3) is 0.667. The monoisotopic (exact) mass is 142 g/mol. The molecule has 1 rings (SSSR count). The summed E-state index contributed by atoms with van der Waals surface area (Å²) < 4.78 is 5.03. The van der Waals surface area contributed by atoms with Gasteiger partial charge in [-0.3, -0.25) is 0 Å². The highest BCUT2D eigenvalue weighted by molar-refractivity contribution is 6.42. The highest BCUT2D eigenvalue weighted by Crippen LogP contribution is 2.13. The predicted molar refractivity (Wildman–Crippen MR) is 38.3 cm³/mol. The topological polar surface area (TPSA) is 49.7 Å². The fourth-order valence-corrected chi connectivity index (χ4v) is 0.965. The molecule has 0 aromatic heterocycles. The number of hydrogen-bond donors (Lipinski definition) is 2. The zero-order valence-corrected chi connectivity index (χ0v) is 5.95. The maximum atomic E-state index is 8.70. The Bertz CT molecular complexity index is 144. The fourth-order valence-electron chi connectivity index (χ4n) is 0.965. The average Bonchev–Trinajstić information content (AvgIpc) is 1.88. The molecule has 2 N–H and O–H groups in total. The molecule has 1 aliphatic heterocycles. The van der Waals surface area contributed by atoms with Crippen molar-refractivity contribution in [2.24, 2.45) is 0 Å². The van der Waals surface area contributed by atoms with Gasteiger partial charge in [0, 0.05) is 0 Å². The van der Waals surface area contributed by atoms with Crippen molar-refractivity contribution in [1.29, 1.82) is 0 Å². The first kappa shape index (κ1) is 7.79. The van der Waals surface area contributed by atoms with Crippen LogP contribution in [0.3, 0.4) is 0 Å². The Morgan fingerprint density at radius 2 is 2.40 bits per heavy atom. The maximum absolute atomic E-state index is 8.70. The quantitative estimate of drug-likeness (QED) is 0.391. The summed E-state index contributed by atoms with van der Waals surface area (Å²) in [6.07, 6.45) is 2.57. The van der Waals surface area contributed by atoms with Gasteiger partial charge in [-0.05, 0) is 13.3 Å². The second-order valence-corrected chi connectivity index (χ2v) is 2.54. The Morgan fingerprint density at radius 1 is 1.70 bits per heavy atom. The van der Waals surface area contributed by atoms with Crippen LogP contribution in [0.25, 0.3) is 0 Å². The predicted octanol–water partition coefficient (Wildman–Crippen LogP) is -0.266. The summed E-state index contributed by atoms with van der Waals surface area (Å²) in [6, 6.07) is -0.426. The molecule has 3 nitrogen and oxygen atoms in total. The van der Waals surface area contributed by atoms with Gasteiger partial charge in [0.25, 0.3) is 0 Å². The van der Waals surface area contributed by atoms with Crippen molar-refractivity contribution in [2.75, 3.05) is 6.61 Å². The summed E-state index contributed by atoms with van der Waals surface area (Å²) in [6.45, 7) is 2.45. The Labute approximate surface area is 60.5 Å². The van der Waals surface area contributed by atoms with Gasteiger partial charge >= 0.3 is 7.12 Å². The molecule has 0 amide bonds. The van der Waals surface area contributed by atoms with Crippen LogP contribution in [0.15, 0.2) is 11.6 Å². The molecule has 1 atom stereocenters. The highest BCUT2D eigenvalue weighted by Gasteiger charge is 2.25. The van der Waals surface area contributed by atoms with Crippen LogP contribution < -0.4 is 0 Å². The molecule has 0 saturated carbocycles. The van der Waals surface area contributed by atoms with E-state index in [4.69, 9.17) is 14.8 Å². The van der Waals surface area contributed by atoms with E-state index >= 15 is 0 Å². The average molecular weight is 142 g/mol. The Kier molecular flexibility index (Phi) is 2.48. The van der Waals surface area contributed by atoms with Gasteiger partial charge in [0.15, 0.2) is 0 Å². The zero-order chi connectivity index (χ0) is 7.56. The Morgan fingerprint density at radius 3 is 2.80 bits per heavy atom. The van der Waals surface area contributed by atoms with Crippen LogP contribution in [0, 0.1) is 0 Å². The maximum Gasteiger partial charge on any atom is 0.482 e. The van der Waals surface area contributed by atoms with Crippen LogP contribution in [-0.4, -0.2) is 29.8 Å². The lowest BCUT2D eigenvalue weighted by molar-refractivity contribution is 0.0922. The summed E-state index contributed by atoms with van der Waals surface area (Å²) >= 11 is 0. The first-order chi connectivity index (χ1) is 4.70. The van der Waals surface area contributed by atoms with Gasteiger partial charge in [-0.1, -0.05) is 11.6 Å². The summed E-state index contributed by atoms with van der Waals surface area (Å²) in [7, 11) is -1.34.